The first-order valence-corrected chi connectivity index (χ1v) is 10.6. The van der Waals surface area contributed by atoms with Gasteiger partial charge in [-0.25, -0.2) is 0 Å². The highest BCUT2D eigenvalue weighted by molar-refractivity contribution is 5.99. The van der Waals surface area contributed by atoms with E-state index in [0.29, 0.717) is 18.5 Å². The second kappa shape index (κ2) is 5.09. The quantitative estimate of drug-likeness (QED) is 0.757. The second-order valence-electron chi connectivity index (χ2n) is 9.23. The molecule has 6 heteroatoms. The van der Waals surface area contributed by atoms with E-state index in [4.69, 9.17) is 4.74 Å². The van der Waals surface area contributed by atoms with E-state index in [-0.39, 0.29) is 29.1 Å². The van der Waals surface area contributed by atoms with Gasteiger partial charge >= 0.3 is 5.97 Å². The number of esters is 1. The number of benzene rings is 1. The van der Waals surface area contributed by atoms with Crippen LogP contribution >= 0.6 is 0 Å². The number of ether oxygens (including phenoxy) is 1. The van der Waals surface area contributed by atoms with Crippen LogP contribution in [-0.2, 0) is 19.7 Å². The Balaban J connectivity index is 1.68. The van der Waals surface area contributed by atoms with Gasteiger partial charge in [0.25, 0.3) is 0 Å². The smallest absolute Gasteiger partial charge is 0.308 e. The Morgan fingerprint density at radius 2 is 2.14 bits per heavy atom. The number of para-hydroxylation sites is 1. The van der Waals surface area contributed by atoms with E-state index < -0.39 is 11.1 Å². The number of nitrogens with zero attached hydrogens (tertiary/aromatic N) is 2. The molecule has 1 N–H and O–H groups in total. The fraction of sp³-hybridized carbons (Fsp3) is 0.636. The molecule has 4 aliphatic heterocycles. The lowest BCUT2D eigenvalue weighted by Crippen LogP contribution is -2.73. The van der Waals surface area contributed by atoms with Crippen LogP contribution in [0.4, 0.5) is 5.69 Å². The first kappa shape index (κ1) is 16.8. The number of aromatic hydroxyl groups is 1. The summed E-state index contributed by atoms with van der Waals surface area (Å²) in [4.78, 5) is 30.1. The van der Waals surface area contributed by atoms with E-state index in [1.165, 1.54) is 0 Å². The van der Waals surface area contributed by atoms with E-state index in [2.05, 4.69) is 11.0 Å². The maximum atomic E-state index is 13.1. The van der Waals surface area contributed by atoms with Gasteiger partial charge in [0, 0.05) is 24.9 Å². The summed E-state index contributed by atoms with van der Waals surface area (Å²) in [6, 6.07) is 5.53. The number of piperidine rings is 1. The molecule has 1 aromatic rings. The SMILES string of the molecule is CCC(=O)N1c2c(O)cccc2[C@]23CCN4CCC[C@]5(CC[C@@H]12)CC(=O)O[C@]453. The Bertz CT molecular complexity index is 916. The van der Waals surface area contributed by atoms with Crippen molar-refractivity contribution in [2.24, 2.45) is 5.41 Å². The van der Waals surface area contributed by atoms with Crippen molar-refractivity contribution in [2.45, 2.75) is 69.1 Å². The zero-order chi connectivity index (χ0) is 19.3. The van der Waals surface area contributed by atoms with Crippen LogP contribution in [0.3, 0.4) is 0 Å². The third-order valence-electron chi connectivity index (χ3n) is 8.46. The number of fused-ring (bicyclic) bond motifs is 1. The number of phenolic OH excluding ortho intramolecular Hbond substituents is 1. The topological polar surface area (TPSA) is 70.1 Å². The van der Waals surface area contributed by atoms with Crippen molar-refractivity contribution in [3.63, 3.8) is 0 Å². The lowest BCUT2D eigenvalue weighted by molar-refractivity contribution is -0.230. The van der Waals surface area contributed by atoms with Gasteiger partial charge in [-0.3, -0.25) is 14.5 Å². The van der Waals surface area contributed by atoms with E-state index in [1.807, 2.05) is 17.9 Å². The second-order valence-corrected chi connectivity index (χ2v) is 9.23. The zero-order valence-electron chi connectivity index (χ0n) is 16.2. The lowest BCUT2D eigenvalue weighted by Gasteiger charge is -2.61. The normalized spacial score (nSPS) is 40.5. The predicted molar refractivity (Wildman–Crippen MR) is 102 cm³/mol. The highest BCUT2D eigenvalue weighted by Crippen LogP contribution is 2.74. The highest BCUT2D eigenvalue weighted by atomic mass is 16.6. The third-order valence-corrected chi connectivity index (χ3v) is 8.46. The molecule has 4 heterocycles. The Morgan fingerprint density at radius 1 is 1.29 bits per heavy atom. The van der Waals surface area contributed by atoms with Crippen LogP contribution in [0.15, 0.2) is 18.2 Å². The molecule has 4 atom stereocenters. The third kappa shape index (κ3) is 1.52. The van der Waals surface area contributed by atoms with Crippen LogP contribution < -0.4 is 4.90 Å². The molecule has 0 radical (unpaired) electrons. The standard InChI is InChI=1S/C22H26N2O4/c1-2-17(26)24-16-7-9-20-8-4-11-23-12-10-21(16,22(20,23)28-18(27)13-20)14-5-3-6-15(25)19(14)24/h3,5-6,16,25H,2,4,7-13H2,1H3/t16-,20+,21-,22-/m1/s1. The summed E-state index contributed by atoms with van der Waals surface area (Å²) < 4.78 is 6.37. The summed E-state index contributed by atoms with van der Waals surface area (Å²) >= 11 is 0. The van der Waals surface area contributed by atoms with Crippen LogP contribution in [0.25, 0.3) is 0 Å². The monoisotopic (exact) mass is 382 g/mol. The molecule has 28 heavy (non-hydrogen) atoms. The average Bonchev–Trinajstić information content (AvgIpc) is 3.28. The minimum absolute atomic E-state index is 0.0344. The number of amides is 1. The van der Waals surface area contributed by atoms with Crippen molar-refractivity contribution >= 4 is 17.6 Å². The number of carbonyl (C=O) groups is 2. The molecular weight excluding hydrogens is 356 g/mol. The van der Waals surface area contributed by atoms with Crippen LogP contribution in [0.5, 0.6) is 5.75 Å². The molecule has 5 aliphatic rings. The van der Waals surface area contributed by atoms with Crippen molar-refractivity contribution in [1.82, 2.24) is 4.90 Å². The van der Waals surface area contributed by atoms with E-state index >= 15 is 0 Å². The average molecular weight is 382 g/mol. The fourth-order valence-corrected chi connectivity index (χ4v) is 7.78. The van der Waals surface area contributed by atoms with Crippen LogP contribution in [0.2, 0.25) is 0 Å². The molecule has 1 saturated carbocycles. The summed E-state index contributed by atoms with van der Waals surface area (Å²) in [5, 5.41) is 10.8. The van der Waals surface area contributed by atoms with Gasteiger partial charge in [-0.2, -0.15) is 0 Å². The molecule has 1 aliphatic carbocycles. The van der Waals surface area contributed by atoms with E-state index in [0.717, 1.165) is 50.8 Å². The van der Waals surface area contributed by atoms with Crippen molar-refractivity contribution in [2.75, 3.05) is 18.0 Å². The van der Waals surface area contributed by atoms with Gasteiger partial charge in [0.05, 0.1) is 23.6 Å². The van der Waals surface area contributed by atoms with Gasteiger partial charge in [0.1, 0.15) is 5.75 Å². The number of hydrogen-bond acceptors (Lipinski definition) is 5. The summed E-state index contributed by atoms with van der Waals surface area (Å²) in [5.41, 5.74) is 0.353. The van der Waals surface area contributed by atoms with Gasteiger partial charge in [-0.15, -0.1) is 0 Å². The first-order chi connectivity index (χ1) is 13.5. The number of carbonyl (C=O) groups excluding carboxylic acids is 2. The van der Waals surface area contributed by atoms with Crippen LogP contribution in [0, 0.1) is 5.41 Å². The van der Waals surface area contributed by atoms with E-state index in [9.17, 15) is 14.7 Å². The Kier molecular flexibility index (Phi) is 3.06. The Morgan fingerprint density at radius 3 is 2.96 bits per heavy atom. The van der Waals surface area contributed by atoms with Crippen LogP contribution in [0.1, 0.15) is 57.4 Å². The Hall–Kier alpha value is -2.08. The molecule has 1 amide bonds. The molecule has 2 spiro atoms. The number of hydrogen-bond donors (Lipinski definition) is 1. The van der Waals surface area contributed by atoms with E-state index in [1.54, 1.807) is 6.07 Å². The minimum Gasteiger partial charge on any atom is -0.506 e. The summed E-state index contributed by atoms with van der Waals surface area (Å²) in [6.07, 6.45) is 5.56. The largest absolute Gasteiger partial charge is 0.506 e. The number of phenols is 1. The molecule has 148 valence electrons. The van der Waals surface area contributed by atoms with Crippen molar-refractivity contribution < 1.29 is 19.4 Å². The molecule has 6 nitrogen and oxygen atoms in total. The fourth-order valence-electron chi connectivity index (χ4n) is 7.78. The lowest BCUT2D eigenvalue weighted by atomic mass is 9.50. The number of rotatable bonds is 1. The zero-order valence-corrected chi connectivity index (χ0v) is 16.2. The molecule has 6 rings (SSSR count). The maximum Gasteiger partial charge on any atom is 0.308 e. The highest BCUT2D eigenvalue weighted by Gasteiger charge is 2.82. The van der Waals surface area contributed by atoms with Crippen molar-refractivity contribution in [3.05, 3.63) is 23.8 Å². The molecule has 1 aromatic carbocycles. The molecule has 0 aromatic heterocycles. The predicted octanol–water partition coefficient (Wildman–Crippen LogP) is 2.68. The summed E-state index contributed by atoms with van der Waals surface area (Å²) in [5.74, 6) is 0.0894. The number of anilines is 1. The Labute approximate surface area is 164 Å². The van der Waals surface area contributed by atoms with Gasteiger partial charge in [-0.05, 0) is 43.7 Å². The maximum absolute atomic E-state index is 13.1. The van der Waals surface area contributed by atoms with Crippen LogP contribution in [-0.4, -0.2) is 46.7 Å². The summed E-state index contributed by atoms with van der Waals surface area (Å²) in [7, 11) is 0. The van der Waals surface area contributed by atoms with Gasteiger partial charge in [0.15, 0.2) is 5.72 Å². The molecule has 3 saturated heterocycles. The van der Waals surface area contributed by atoms with Crippen molar-refractivity contribution in [1.29, 1.82) is 0 Å². The first-order valence-electron chi connectivity index (χ1n) is 10.6. The van der Waals surface area contributed by atoms with Gasteiger partial charge < -0.3 is 14.7 Å². The molecule has 0 bridgehead atoms. The van der Waals surface area contributed by atoms with Crippen molar-refractivity contribution in [3.8, 4) is 5.75 Å². The molecule has 0 unspecified atom stereocenters. The molecular formula is C22H26N2O4. The summed E-state index contributed by atoms with van der Waals surface area (Å²) in [6.45, 7) is 3.67. The van der Waals surface area contributed by atoms with Gasteiger partial charge in [-0.1, -0.05) is 19.1 Å². The van der Waals surface area contributed by atoms with Gasteiger partial charge in [0.2, 0.25) is 5.91 Å². The minimum atomic E-state index is -0.677. The molecule has 4 fully saturated rings.